The van der Waals surface area contributed by atoms with Crippen LogP contribution < -0.4 is 0 Å². The molecule has 0 bridgehead atoms. The van der Waals surface area contributed by atoms with Crippen molar-refractivity contribution in [1.82, 2.24) is 8.87 Å². The molecule has 0 saturated heterocycles. The van der Waals surface area contributed by atoms with Crippen LogP contribution in [0.1, 0.15) is 5.56 Å². The molecule has 0 spiro atoms. The Morgan fingerprint density at radius 2 is 2.00 bits per heavy atom. The van der Waals surface area contributed by atoms with Gasteiger partial charge in [0.1, 0.15) is 4.90 Å². The van der Waals surface area contributed by atoms with Gasteiger partial charge in [-0.2, -0.15) is 4.31 Å². The van der Waals surface area contributed by atoms with Crippen LogP contribution in [0.5, 0.6) is 0 Å². The van der Waals surface area contributed by atoms with Gasteiger partial charge in [-0.3, -0.25) is 0 Å². The molecule has 2 aromatic rings. The molecule has 1 aliphatic rings. The molecule has 84 valence electrons. The molecule has 2 heterocycles. The van der Waals surface area contributed by atoms with E-state index in [1.807, 2.05) is 29.8 Å². The zero-order chi connectivity index (χ0) is 11.5. The summed E-state index contributed by atoms with van der Waals surface area (Å²) < 4.78 is 27.5. The summed E-state index contributed by atoms with van der Waals surface area (Å²) in [7, 11) is 0.193. The first-order valence-corrected chi connectivity index (χ1v) is 6.49. The first kappa shape index (κ1) is 9.86. The highest BCUT2D eigenvalue weighted by Crippen LogP contribution is 2.34. The van der Waals surface area contributed by atoms with Crippen molar-refractivity contribution < 1.29 is 8.42 Å². The van der Waals surface area contributed by atoms with E-state index in [1.165, 1.54) is 4.31 Å². The molecule has 0 aliphatic carbocycles. The Labute approximate surface area is 94.1 Å². The number of rotatable bonds is 0. The van der Waals surface area contributed by atoms with E-state index in [0.29, 0.717) is 11.4 Å². The number of benzene rings is 1. The lowest BCUT2D eigenvalue weighted by Gasteiger charge is -2.22. The number of aromatic nitrogens is 1. The summed E-state index contributed by atoms with van der Waals surface area (Å²) >= 11 is 0. The maximum atomic E-state index is 12.1. The molecule has 0 fully saturated rings. The predicted molar refractivity (Wildman–Crippen MR) is 61.6 cm³/mol. The molecule has 5 heteroatoms. The molecule has 1 aromatic heterocycles. The lowest BCUT2D eigenvalue weighted by atomic mass is 10.1. The van der Waals surface area contributed by atoms with Gasteiger partial charge in [0.25, 0.3) is 0 Å². The summed E-state index contributed by atoms with van der Waals surface area (Å²) in [6, 6.07) is 5.90. The zero-order valence-corrected chi connectivity index (χ0v) is 9.95. The molecule has 0 radical (unpaired) electrons. The average Bonchev–Trinajstić information content (AvgIpc) is 2.57. The highest BCUT2D eigenvalue weighted by Gasteiger charge is 2.31. The van der Waals surface area contributed by atoms with E-state index < -0.39 is 10.0 Å². The SMILES string of the molecule is CN1Cc2cccc3c2c(cn3C)S1(=O)=O. The Bertz CT molecular complexity index is 685. The van der Waals surface area contributed by atoms with Crippen LogP contribution in [0.2, 0.25) is 0 Å². The third-order valence-electron chi connectivity index (χ3n) is 3.15. The first-order chi connectivity index (χ1) is 7.51. The van der Waals surface area contributed by atoms with Gasteiger partial charge >= 0.3 is 0 Å². The minimum absolute atomic E-state index is 0.425. The second-order valence-electron chi connectivity index (χ2n) is 4.18. The first-order valence-electron chi connectivity index (χ1n) is 5.05. The van der Waals surface area contributed by atoms with E-state index in [1.54, 1.807) is 13.2 Å². The maximum absolute atomic E-state index is 12.1. The van der Waals surface area contributed by atoms with Gasteiger partial charge in [0, 0.05) is 37.7 Å². The summed E-state index contributed by atoms with van der Waals surface area (Å²) in [4.78, 5) is 0.425. The quantitative estimate of drug-likeness (QED) is 0.692. The van der Waals surface area contributed by atoms with Gasteiger partial charge in [-0.25, -0.2) is 8.42 Å². The van der Waals surface area contributed by atoms with Crippen LogP contribution in [0.15, 0.2) is 29.3 Å². The van der Waals surface area contributed by atoms with Gasteiger partial charge in [0.15, 0.2) is 0 Å². The van der Waals surface area contributed by atoms with Crippen molar-refractivity contribution in [3.63, 3.8) is 0 Å². The van der Waals surface area contributed by atoms with Crippen LogP contribution in [0.4, 0.5) is 0 Å². The monoisotopic (exact) mass is 236 g/mol. The Morgan fingerprint density at radius 3 is 2.75 bits per heavy atom. The molecule has 16 heavy (non-hydrogen) atoms. The second kappa shape index (κ2) is 2.87. The summed E-state index contributed by atoms with van der Waals surface area (Å²) in [5.74, 6) is 0. The summed E-state index contributed by atoms with van der Waals surface area (Å²) in [6.45, 7) is 0.455. The number of sulfonamides is 1. The van der Waals surface area contributed by atoms with Crippen molar-refractivity contribution in [3.05, 3.63) is 30.0 Å². The molecule has 0 N–H and O–H groups in total. The normalized spacial score (nSPS) is 19.1. The molecular weight excluding hydrogens is 224 g/mol. The van der Waals surface area contributed by atoms with Gasteiger partial charge in [0.2, 0.25) is 10.0 Å². The molecule has 0 saturated carbocycles. The Balaban J connectivity index is 2.55. The fourth-order valence-corrected chi connectivity index (χ4v) is 3.72. The number of hydrogen-bond acceptors (Lipinski definition) is 2. The summed E-state index contributed by atoms with van der Waals surface area (Å²) in [5, 5.41) is 0.878. The topological polar surface area (TPSA) is 42.3 Å². The van der Waals surface area contributed by atoms with E-state index in [2.05, 4.69) is 0 Å². The minimum Gasteiger partial charge on any atom is -0.349 e. The van der Waals surface area contributed by atoms with E-state index in [4.69, 9.17) is 0 Å². The van der Waals surface area contributed by atoms with Crippen LogP contribution in [-0.4, -0.2) is 24.3 Å². The number of aryl methyl sites for hydroxylation is 1. The van der Waals surface area contributed by atoms with E-state index >= 15 is 0 Å². The van der Waals surface area contributed by atoms with Crippen molar-refractivity contribution >= 4 is 20.9 Å². The van der Waals surface area contributed by atoms with Crippen LogP contribution in [-0.2, 0) is 23.6 Å². The minimum atomic E-state index is -3.29. The molecule has 0 unspecified atom stereocenters. The number of hydrogen-bond donors (Lipinski definition) is 0. The smallest absolute Gasteiger partial charge is 0.245 e. The van der Waals surface area contributed by atoms with Gasteiger partial charge in [-0.15, -0.1) is 0 Å². The molecule has 0 atom stereocenters. The Kier molecular flexibility index (Phi) is 1.77. The maximum Gasteiger partial charge on any atom is 0.245 e. The van der Waals surface area contributed by atoms with Gasteiger partial charge in [-0.1, -0.05) is 12.1 Å². The predicted octanol–water partition coefficient (Wildman–Crippen LogP) is 1.31. The Hall–Kier alpha value is -1.33. The van der Waals surface area contributed by atoms with Crippen molar-refractivity contribution in [2.75, 3.05) is 7.05 Å². The fraction of sp³-hybridized carbons (Fsp3) is 0.273. The number of nitrogens with zero attached hydrogens (tertiary/aromatic N) is 2. The largest absolute Gasteiger partial charge is 0.349 e. The fourth-order valence-electron chi connectivity index (χ4n) is 2.30. The highest BCUT2D eigenvalue weighted by molar-refractivity contribution is 7.89. The van der Waals surface area contributed by atoms with E-state index in [0.717, 1.165) is 16.5 Å². The average molecular weight is 236 g/mol. The highest BCUT2D eigenvalue weighted by atomic mass is 32.2. The lowest BCUT2D eigenvalue weighted by Crippen LogP contribution is -2.29. The molecule has 3 rings (SSSR count). The van der Waals surface area contributed by atoms with Crippen molar-refractivity contribution in [1.29, 1.82) is 0 Å². The van der Waals surface area contributed by atoms with E-state index in [9.17, 15) is 8.42 Å². The van der Waals surface area contributed by atoms with Crippen LogP contribution in [0.3, 0.4) is 0 Å². The molecule has 1 aromatic carbocycles. The summed E-state index contributed by atoms with van der Waals surface area (Å²) in [6.07, 6.45) is 1.69. The molecule has 1 aliphatic heterocycles. The third-order valence-corrected chi connectivity index (χ3v) is 4.96. The van der Waals surface area contributed by atoms with Gasteiger partial charge in [-0.05, 0) is 11.6 Å². The van der Waals surface area contributed by atoms with Crippen LogP contribution in [0.25, 0.3) is 10.9 Å². The van der Waals surface area contributed by atoms with E-state index in [-0.39, 0.29) is 0 Å². The molecule has 4 nitrogen and oxygen atoms in total. The second-order valence-corrected chi connectivity index (χ2v) is 6.19. The lowest BCUT2D eigenvalue weighted by molar-refractivity contribution is 0.463. The van der Waals surface area contributed by atoms with Crippen LogP contribution >= 0.6 is 0 Å². The van der Waals surface area contributed by atoms with Crippen molar-refractivity contribution in [2.45, 2.75) is 11.4 Å². The van der Waals surface area contributed by atoms with Gasteiger partial charge < -0.3 is 4.57 Å². The van der Waals surface area contributed by atoms with Crippen LogP contribution in [0, 0.1) is 0 Å². The standard InChI is InChI=1S/C11H12N2O2S/c1-12-7-10-11-8(4-3-5-9(11)12)6-13(2)16(10,14)15/h3-5,7H,6H2,1-2H3. The zero-order valence-electron chi connectivity index (χ0n) is 9.14. The molecule has 0 amide bonds. The molecular formula is C11H12N2O2S. The third kappa shape index (κ3) is 1.04. The van der Waals surface area contributed by atoms with Crippen molar-refractivity contribution in [2.24, 2.45) is 7.05 Å². The summed E-state index contributed by atoms with van der Waals surface area (Å²) in [5.41, 5.74) is 2.05. The van der Waals surface area contributed by atoms with Gasteiger partial charge in [0.05, 0.1) is 0 Å². The Morgan fingerprint density at radius 1 is 1.25 bits per heavy atom. The van der Waals surface area contributed by atoms with Crippen molar-refractivity contribution in [3.8, 4) is 0 Å².